The molecule has 4 nitrogen and oxygen atoms in total. The lowest BCUT2D eigenvalue weighted by atomic mass is 9.93. The van der Waals surface area contributed by atoms with Gasteiger partial charge >= 0.3 is 5.97 Å². The van der Waals surface area contributed by atoms with Crippen LogP contribution in [0.3, 0.4) is 0 Å². The second-order valence-corrected chi connectivity index (χ2v) is 4.98. The van der Waals surface area contributed by atoms with Crippen molar-refractivity contribution in [3.63, 3.8) is 0 Å². The van der Waals surface area contributed by atoms with Gasteiger partial charge in [-0.3, -0.25) is 4.79 Å². The number of carbonyl (C=O) groups excluding carboxylic acids is 1. The molecule has 0 radical (unpaired) electrons. The first-order valence-corrected chi connectivity index (χ1v) is 7.35. The topological polar surface area (TPSA) is 41.6 Å². The molecule has 1 saturated heterocycles. The zero-order valence-electron chi connectivity index (χ0n) is 12.7. The van der Waals surface area contributed by atoms with Crippen LogP contribution in [0.15, 0.2) is 0 Å². The van der Waals surface area contributed by atoms with E-state index in [0.29, 0.717) is 18.9 Å². The van der Waals surface area contributed by atoms with E-state index in [1.165, 1.54) is 12.8 Å². The standard InChI is InChI=1S/C14H28N2O2.2ClH/c1-3-16(4-2)11-12-18-14(17)6-5-13-7-9-15-10-8-13;;/h13,15H,3-12H2,1-2H3;2*1H. The van der Waals surface area contributed by atoms with Gasteiger partial charge in [-0.05, 0) is 51.4 Å². The third-order valence-corrected chi connectivity index (χ3v) is 3.78. The summed E-state index contributed by atoms with van der Waals surface area (Å²) in [6, 6.07) is 0. The smallest absolute Gasteiger partial charge is 0.305 e. The molecule has 1 aliphatic heterocycles. The predicted octanol–water partition coefficient (Wildman–Crippen LogP) is 2.49. The first kappa shape index (κ1) is 22.3. The van der Waals surface area contributed by atoms with Crippen LogP contribution in [0.1, 0.15) is 39.5 Å². The molecule has 0 bridgehead atoms. The van der Waals surface area contributed by atoms with E-state index in [4.69, 9.17) is 4.74 Å². The Hall–Kier alpha value is -0.0300. The Morgan fingerprint density at radius 1 is 1.20 bits per heavy atom. The van der Waals surface area contributed by atoms with Crippen molar-refractivity contribution in [2.75, 3.05) is 39.3 Å². The summed E-state index contributed by atoms with van der Waals surface area (Å²) < 4.78 is 5.27. The van der Waals surface area contributed by atoms with E-state index in [0.717, 1.165) is 39.1 Å². The van der Waals surface area contributed by atoms with Gasteiger partial charge in [-0.2, -0.15) is 0 Å². The van der Waals surface area contributed by atoms with Crippen molar-refractivity contribution in [2.24, 2.45) is 5.92 Å². The summed E-state index contributed by atoms with van der Waals surface area (Å²) in [6.45, 7) is 9.87. The molecular weight excluding hydrogens is 299 g/mol. The van der Waals surface area contributed by atoms with E-state index < -0.39 is 0 Å². The Bertz CT molecular complexity index is 233. The van der Waals surface area contributed by atoms with E-state index in [2.05, 4.69) is 24.1 Å². The minimum Gasteiger partial charge on any atom is -0.464 e. The summed E-state index contributed by atoms with van der Waals surface area (Å²) in [6.07, 6.45) is 3.98. The highest BCUT2D eigenvalue weighted by atomic mass is 35.5. The number of ether oxygens (including phenoxy) is 1. The molecule has 0 atom stereocenters. The van der Waals surface area contributed by atoms with Gasteiger partial charge in [0.15, 0.2) is 0 Å². The maximum atomic E-state index is 11.6. The fraction of sp³-hybridized carbons (Fsp3) is 0.929. The van der Waals surface area contributed by atoms with Gasteiger partial charge in [0.25, 0.3) is 0 Å². The van der Waals surface area contributed by atoms with Crippen molar-refractivity contribution >= 4 is 30.8 Å². The molecule has 122 valence electrons. The lowest BCUT2D eigenvalue weighted by Gasteiger charge is -2.22. The maximum Gasteiger partial charge on any atom is 0.305 e. The highest BCUT2D eigenvalue weighted by molar-refractivity contribution is 5.85. The lowest BCUT2D eigenvalue weighted by Crippen LogP contribution is -2.29. The number of likely N-dealkylation sites (N-methyl/N-ethyl adjacent to an activating group) is 1. The van der Waals surface area contributed by atoms with Gasteiger partial charge in [0, 0.05) is 13.0 Å². The minimum atomic E-state index is -0.0271. The van der Waals surface area contributed by atoms with Crippen molar-refractivity contribution in [2.45, 2.75) is 39.5 Å². The van der Waals surface area contributed by atoms with Crippen LogP contribution in [0.5, 0.6) is 0 Å². The minimum absolute atomic E-state index is 0. The highest BCUT2D eigenvalue weighted by Gasteiger charge is 2.15. The zero-order chi connectivity index (χ0) is 13.2. The first-order chi connectivity index (χ1) is 8.76. The Labute approximate surface area is 135 Å². The van der Waals surface area contributed by atoms with E-state index in [9.17, 15) is 4.79 Å². The fourth-order valence-corrected chi connectivity index (χ4v) is 2.39. The average molecular weight is 329 g/mol. The number of nitrogens with one attached hydrogen (secondary N) is 1. The molecule has 0 unspecified atom stereocenters. The lowest BCUT2D eigenvalue weighted by molar-refractivity contribution is -0.144. The largest absolute Gasteiger partial charge is 0.464 e. The van der Waals surface area contributed by atoms with Crippen molar-refractivity contribution < 1.29 is 9.53 Å². The van der Waals surface area contributed by atoms with Crippen LogP contribution in [0.25, 0.3) is 0 Å². The molecule has 6 heteroatoms. The second-order valence-electron chi connectivity index (χ2n) is 4.98. The van der Waals surface area contributed by atoms with Gasteiger partial charge in [-0.1, -0.05) is 13.8 Å². The third kappa shape index (κ3) is 9.81. The van der Waals surface area contributed by atoms with Gasteiger partial charge < -0.3 is 15.0 Å². The molecular formula is C14H30Cl2N2O2. The molecule has 0 aromatic carbocycles. The number of carbonyl (C=O) groups is 1. The first-order valence-electron chi connectivity index (χ1n) is 7.35. The molecule has 1 aliphatic rings. The zero-order valence-corrected chi connectivity index (χ0v) is 14.4. The molecule has 0 saturated carbocycles. The number of hydrogen-bond acceptors (Lipinski definition) is 4. The molecule has 0 aromatic rings. The van der Waals surface area contributed by atoms with Crippen molar-refractivity contribution in [3.05, 3.63) is 0 Å². The summed E-state index contributed by atoms with van der Waals surface area (Å²) in [7, 11) is 0. The molecule has 0 aromatic heterocycles. The van der Waals surface area contributed by atoms with Crippen LogP contribution in [0.4, 0.5) is 0 Å². The van der Waals surface area contributed by atoms with E-state index in [1.807, 2.05) is 0 Å². The van der Waals surface area contributed by atoms with Crippen LogP contribution < -0.4 is 5.32 Å². The van der Waals surface area contributed by atoms with Crippen molar-refractivity contribution in [3.8, 4) is 0 Å². The summed E-state index contributed by atoms with van der Waals surface area (Å²) >= 11 is 0. The van der Waals surface area contributed by atoms with E-state index in [-0.39, 0.29) is 30.8 Å². The van der Waals surface area contributed by atoms with Crippen LogP contribution in [-0.2, 0) is 9.53 Å². The van der Waals surface area contributed by atoms with Gasteiger partial charge in [0.1, 0.15) is 6.61 Å². The summed E-state index contributed by atoms with van der Waals surface area (Å²) in [5.74, 6) is 0.683. The van der Waals surface area contributed by atoms with Crippen molar-refractivity contribution in [1.29, 1.82) is 0 Å². The number of esters is 1. The van der Waals surface area contributed by atoms with Crippen LogP contribution >= 0.6 is 24.8 Å². The van der Waals surface area contributed by atoms with Gasteiger partial charge in [0.05, 0.1) is 0 Å². The van der Waals surface area contributed by atoms with E-state index >= 15 is 0 Å². The summed E-state index contributed by atoms with van der Waals surface area (Å²) in [4.78, 5) is 13.9. The van der Waals surface area contributed by atoms with Crippen LogP contribution in [0.2, 0.25) is 0 Å². The molecule has 0 aliphatic carbocycles. The van der Waals surface area contributed by atoms with Gasteiger partial charge in [-0.25, -0.2) is 0 Å². The van der Waals surface area contributed by atoms with Crippen molar-refractivity contribution in [1.82, 2.24) is 10.2 Å². The van der Waals surface area contributed by atoms with Crippen LogP contribution in [-0.4, -0.2) is 50.2 Å². The Morgan fingerprint density at radius 2 is 1.80 bits per heavy atom. The quantitative estimate of drug-likeness (QED) is 0.695. The molecule has 1 fully saturated rings. The molecule has 1 heterocycles. The monoisotopic (exact) mass is 328 g/mol. The van der Waals surface area contributed by atoms with Gasteiger partial charge in [0.2, 0.25) is 0 Å². The van der Waals surface area contributed by atoms with Gasteiger partial charge in [-0.15, -0.1) is 24.8 Å². The maximum absolute atomic E-state index is 11.6. The fourth-order valence-electron chi connectivity index (χ4n) is 2.39. The summed E-state index contributed by atoms with van der Waals surface area (Å²) in [5, 5.41) is 3.34. The molecule has 20 heavy (non-hydrogen) atoms. The number of hydrogen-bond donors (Lipinski definition) is 1. The SMILES string of the molecule is CCN(CC)CCOC(=O)CCC1CCNCC1.Cl.Cl. The molecule has 0 amide bonds. The average Bonchev–Trinajstić information content (AvgIpc) is 2.42. The predicted molar refractivity (Wildman–Crippen MR) is 88.1 cm³/mol. The second kappa shape index (κ2) is 13.9. The number of rotatable bonds is 8. The number of halogens is 2. The molecule has 0 spiro atoms. The number of piperidine rings is 1. The Kier molecular flexibility index (Phi) is 15.5. The molecule has 1 rings (SSSR count). The molecule has 1 N–H and O–H groups in total. The van der Waals surface area contributed by atoms with Crippen LogP contribution in [0, 0.1) is 5.92 Å². The number of nitrogens with zero attached hydrogens (tertiary/aromatic N) is 1. The third-order valence-electron chi connectivity index (χ3n) is 3.78. The normalized spacial score (nSPS) is 15.3. The Morgan fingerprint density at radius 3 is 2.35 bits per heavy atom. The highest BCUT2D eigenvalue weighted by Crippen LogP contribution is 2.17. The summed E-state index contributed by atoms with van der Waals surface area (Å²) in [5.41, 5.74) is 0. The van der Waals surface area contributed by atoms with E-state index in [1.54, 1.807) is 0 Å². The Balaban J connectivity index is 0.